The highest BCUT2D eigenvalue weighted by atomic mass is 35.5. The van der Waals surface area contributed by atoms with Crippen molar-refractivity contribution in [3.63, 3.8) is 0 Å². The second-order valence-electron chi connectivity index (χ2n) is 9.96. The fourth-order valence-electron chi connectivity index (χ4n) is 4.48. The number of nitrogens with zero attached hydrogens (tertiary/aromatic N) is 1. The zero-order chi connectivity index (χ0) is 30.0. The third-order valence-electron chi connectivity index (χ3n) is 6.87. The number of rotatable bonds is 14. The van der Waals surface area contributed by atoms with E-state index in [1.54, 1.807) is 0 Å². The predicted molar refractivity (Wildman–Crippen MR) is 154 cm³/mol. The number of ether oxygens (including phenoxy) is 3. The van der Waals surface area contributed by atoms with Gasteiger partial charge in [0.25, 0.3) is 15.9 Å². The molecule has 0 bridgehead atoms. The zero-order valence-corrected chi connectivity index (χ0v) is 24.5. The first-order valence-corrected chi connectivity index (χ1v) is 15.5. The van der Waals surface area contributed by atoms with Crippen LogP contribution in [0.15, 0.2) is 77.7 Å². The van der Waals surface area contributed by atoms with E-state index >= 15 is 0 Å². The van der Waals surface area contributed by atoms with Gasteiger partial charge in [-0.3, -0.25) is 10.0 Å². The highest BCUT2D eigenvalue weighted by Gasteiger charge is 2.32. The fraction of sp³-hybridized carbons (Fsp3) is 0.367. The van der Waals surface area contributed by atoms with Crippen LogP contribution in [-0.4, -0.2) is 50.6 Å². The molecule has 9 nitrogen and oxygen atoms in total. The molecule has 1 aliphatic heterocycles. The van der Waals surface area contributed by atoms with Crippen molar-refractivity contribution < 1.29 is 37.0 Å². The van der Waals surface area contributed by atoms with E-state index in [0.717, 1.165) is 19.3 Å². The van der Waals surface area contributed by atoms with E-state index in [9.17, 15) is 22.8 Å². The molecule has 1 saturated heterocycles. The van der Waals surface area contributed by atoms with Crippen molar-refractivity contribution in [1.82, 2.24) is 10.0 Å². The molecule has 0 aromatic heterocycles. The Bertz CT molecular complexity index is 1400. The van der Waals surface area contributed by atoms with Crippen LogP contribution in [-0.2, 0) is 37.3 Å². The highest BCUT2D eigenvalue weighted by molar-refractivity contribution is 7.89. The molecule has 1 fully saturated rings. The monoisotopic (exact) mass is 620 g/mol. The molecule has 0 radical (unpaired) electrons. The molecule has 2 unspecified atom stereocenters. The van der Waals surface area contributed by atoms with Crippen molar-refractivity contribution in [2.75, 3.05) is 19.8 Å². The Morgan fingerprint density at radius 2 is 1.83 bits per heavy atom. The third kappa shape index (κ3) is 9.48. The van der Waals surface area contributed by atoms with Crippen molar-refractivity contribution >= 4 is 27.5 Å². The molecule has 4 rings (SSSR count). The van der Waals surface area contributed by atoms with Gasteiger partial charge in [-0.25, -0.2) is 12.8 Å². The van der Waals surface area contributed by atoms with Crippen LogP contribution in [0.3, 0.4) is 0 Å². The van der Waals surface area contributed by atoms with E-state index in [-0.39, 0.29) is 40.0 Å². The summed E-state index contributed by atoms with van der Waals surface area (Å²) >= 11 is 5.75. The molecule has 1 heterocycles. The minimum absolute atomic E-state index is 0.00200. The fourth-order valence-corrected chi connectivity index (χ4v) is 5.55. The number of hydroxylamine groups is 1. The number of hydrogen-bond acceptors (Lipinski definition) is 7. The van der Waals surface area contributed by atoms with E-state index in [4.69, 9.17) is 25.8 Å². The van der Waals surface area contributed by atoms with E-state index in [0.29, 0.717) is 31.8 Å². The number of sulfonamides is 1. The molecule has 1 amide bonds. The van der Waals surface area contributed by atoms with E-state index in [1.165, 1.54) is 48.0 Å². The highest BCUT2D eigenvalue weighted by Crippen LogP contribution is 2.24. The molecule has 0 spiro atoms. The molecule has 3 aromatic rings. The Balaban J connectivity index is 1.15. The lowest BCUT2D eigenvalue weighted by atomic mass is 9.96. The molecule has 3 aromatic carbocycles. The molecule has 1 aliphatic rings. The van der Waals surface area contributed by atoms with Crippen molar-refractivity contribution in [3.8, 4) is 5.75 Å². The maximum atomic E-state index is 13.9. The molecular formula is C30H34ClFN2O7S. The first-order chi connectivity index (χ1) is 20.2. The van der Waals surface area contributed by atoms with Crippen LogP contribution in [0.4, 0.5) is 4.39 Å². The summed E-state index contributed by atoms with van der Waals surface area (Å²) in [5, 5.41) is 10.5. The molecular weight excluding hydrogens is 587 g/mol. The average molecular weight is 621 g/mol. The lowest BCUT2D eigenvalue weighted by Gasteiger charge is -2.30. The Kier molecular flexibility index (Phi) is 11.7. The minimum Gasteiger partial charge on any atom is -0.489 e. The summed E-state index contributed by atoms with van der Waals surface area (Å²) in [5.41, 5.74) is 1.52. The lowest BCUT2D eigenvalue weighted by Crippen LogP contribution is -2.48. The molecule has 0 aliphatic carbocycles. The van der Waals surface area contributed by atoms with Crippen LogP contribution in [0.5, 0.6) is 5.75 Å². The van der Waals surface area contributed by atoms with Crippen molar-refractivity contribution in [1.29, 1.82) is 0 Å². The van der Waals surface area contributed by atoms with E-state index < -0.39 is 27.7 Å². The van der Waals surface area contributed by atoms with Crippen LogP contribution in [0.25, 0.3) is 0 Å². The Labute approximate surface area is 250 Å². The van der Waals surface area contributed by atoms with Crippen LogP contribution in [0, 0.1) is 11.7 Å². The number of benzene rings is 3. The quantitative estimate of drug-likeness (QED) is 0.143. The van der Waals surface area contributed by atoms with Crippen molar-refractivity contribution in [2.24, 2.45) is 5.92 Å². The van der Waals surface area contributed by atoms with Crippen LogP contribution < -0.4 is 9.57 Å². The topological polar surface area (TPSA) is 114 Å². The number of hydrogen-bond donors (Lipinski definition) is 2. The number of nitrogens with one attached hydrogen (secondary N) is 1. The van der Waals surface area contributed by atoms with Gasteiger partial charge in [0.05, 0.1) is 30.1 Å². The Morgan fingerprint density at radius 1 is 1.07 bits per heavy atom. The summed E-state index contributed by atoms with van der Waals surface area (Å²) in [5.74, 6) is -1.70. The van der Waals surface area contributed by atoms with Crippen LogP contribution in [0.1, 0.15) is 36.8 Å². The van der Waals surface area contributed by atoms with Gasteiger partial charge < -0.3 is 14.2 Å². The molecule has 0 saturated carbocycles. The summed E-state index contributed by atoms with van der Waals surface area (Å²) < 4.78 is 56.4. The summed E-state index contributed by atoms with van der Waals surface area (Å²) in [6, 6.07) is 19.6. The van der Waals surface area contributed by atoms with E-state index in [1.807, 2.05) is 23.0 Å². The van der Waals surface area contributed by atoms with Gasteiger partial charge in [0.15, 0.2) is 0 Å². The van der Waals surface area contributed by atoms with Gasteiger partial charge >= 0.3 is 0 Å². The summed E-state index contributed by atoms with van der Waals surface area (Å²) in [6.07, 6.45) is 3.52. The SMILES string of the molecule is O=C(C1CCC(CCCOCCc2ccccc2)OC1)N(O)NS(=O)(=O)c1ccc(OCc2ccc(Cl)cc2F)cc1. The van der Waals surface area contributed by atoms with Crippen LogP contribution >= 0.6 is 11.6 Å². The van der Waals surface area contributed by atoms with Gasteiger partial charge in [-0.2, -0.15) is 0 Å². The third-order valence-corrected chi connectivity index (χ3v) is 8.41. The Morgan fingerprint density at radius 3 is 2.52 bits per heavy atom. The number of hydrazine groups is 1. The number of halogens is 2. The van der Waals surface area contributed by atoms with Gasteiger partial charge in [-0.05, 0) is 74.1 Å². The van der Waals surface area contributed by atoms with E-state index in [2.05, 4.69) is 12.1 Å². The van der Waals surface area contributed by atoms with Crippen molar-refractivity contribution in [3.05, 3.63) is 94.8 Å². The first-order valence-electron chi connectivity index (χ1n) is 13.7. The minimum atomic E-state index is -4.27. The lowest BCUT2D eigenvalue weighted by molar-refractivity contribution is -0.182. The number of carbonyl (C=O) groups excluding carboxylic acids is 1. The second-order valence-corrected chi connectivity index (χ2v) is 12.1. The molecule has 12 heteroatoms. The maximum Gasteiger partial charge on any atom is 0.267 e. The standard InChI is InChI=1S/C30H34ClFN2O7S/c31-25-10-8-23(29(32)19-25)20-40-27-12-14-28(15-13-27)42(37,38)33-34(36)30(35)24-9-11-26(41-21-24)7-4-17-39-18-16-22-5-2-1-3-6-22/h1-3,5-6,8,10,12-15,19,24,26,33,36H,4,7,9,11,16-18,20-21H2. The molecule has 226 valence electrons. The normalized spacial score (nSPS) is 17.1. The summed E-state index contributed by atoms with van der Waals surface area (Å²) in [6.45, 7) is 1.27. The first kappa shape index (κ1) is 31.9. The van der Waals surface area contributed by atoms with Crippen LogP contribution in [0.2, 0.25) is 5.02 Å². The van der Waals surface area contributed by atoms with Gasteiger partial charge in [0, 0.05) is 17.2 Å². The Hall–Kier alpha value is -3.06. The smallest absolute Gasteiger partial charge is 0.267 e. The summed E-state index contributed by atoms with van der Waals surface area (Å²) in [4.78, 5) is 14.3. The summed E-state index contributed by atoms with van der Waals surface area (Å²) in [7, 11) is -4.27. The van der Waals surface area contributed by atoms with Gasteiger partial charge in [-0.15, -0.1) is 5.17 Å². The maximum absolute atomic E-state index is 13.9. The average Bonchev–Trinajstić information content (AvgIpc) is 2.99. The molecule has 42 heavy (non-hydrogen) atoms. The largest absolute Gasteiger partial charge is 0.489 e. The van der Waals surface area contributed by atoms with Gasteiger partial charge in [0.2, 0.25) is 0 Å². The van der Waals surface area contributed by atoms with Gasteiger partial charge in [-0.1, -0.05) is 52.8 Å². The second kappa shape index (κ2) is 15.4. The number of carbonyl (C=O) groups is 1. The zero-order valence-electron chi connectivity index (χ0n) is 23.0. The number of amides is 1. The predicted octanol–water partition coefficient (Wildman–Crippen LogP) is 5.30. The van der Waals surface area contributed by atoms with Gasteiger partial charge in [0.1, 0.15) is 18.2 Å². The molecule has 2 N–H and O–H groups in total. The molecule has 2 atom stereocenters. The van der Waals surface area contributed by atoms with Crippen molar-refractivity contribution in [2.45, 2.75) is 49.7 Å².